The van der Waals surface area contributed by atoms with Crippen LogP contribution in [0.2, 0.25) is 0 Å². The predicted molar refractivity (Wildman–Crippen MR) is 53.2 cm³/mol. The molecular formula is C11H12FN. The Morgan fingerprint density at radius 2 is 2.08 bits per heavy atom. The van der Waals surface area contributed by atoms with Crippen LogP contribution in [-0.2, 0) is 0 Å². The van der Waals surface area contributed by atoms with Crippen molar-refractivity contribution >= 4 is 5.69 Å². The second kappa shape index (κ2) is 3.95. The maximum atomic E-state index is 13.0. The third-order valence-electron chi connectivity index (χ3n) is 1.89. The van der Waals surface area contributed by atoms with Gasteiger partial charge in [0.05, 0.1) is 6.54 Å². The molecule has 0 saturated carbocycles. The molecule has 13 heavy (non-hydrogen) atoms. The predicted octanol–water partition coefficient (Wildman–Crippen LogP) is 2.49. The number of nitrogens with one attached hydrogen (secondary N) is 1. The summed E-state index contributed by atoms with van der Waals surface area (Å²) in [6, 6.07) is 3.27. The van der Waals surface area contributed by atoms with Crippen LogP contribution in [0, 0.1) is 32.0 Å². The first-order chi connectivity index (χ1) is 6.15. The van der Waals surface area contributed by atoms with Crippen molar-refractivity contribution in [1.29, 1.82) is 0 Å². The summed E-state index contributed by atoms with van der Waals surface area (Å²) in [5.41, 5.74) is 2.40. The summed E-state index contributed by atoms with van der Waals surface area (Å²) in [7, 11) is 0. The molecule has 0 fully saturated rings. The van der Waals surface area contributed by atoms with Crippen molar-refractivity contribution in [3.05, 3.63) is 29.1 Å². The molecule has 0 amide bonds. The molecule has 0 aliphatic rings. The Labute approximate surface area is 78.0 Å². The van der Waals surface area contributed by atoms with Gasteiger partial charge in [0.15, 0.2) is 0 Å². The first kappa shape index (κ1) is 9.60. The lowest BCUT2D eigenvalue weighted by atomic mass is 10.1. The van der Waals surface area contributed by atoms with Crippen LogP contribution in [0.4, 0.5) is 10.1 Å². The fraction of sp³-hybridized carbons (Fsp3) is 0.273. The Bertz CT molecular complexity index is 350. The smallest absolute Gasteiger partial charge is 0.126 e. The van der Waals surface area contributed by atoms with Gasteiger partial charge in [-0.25, -0.2) is 4.39 Å². The lowest BCUT2D eigenvalue weighted by Crippen LogP contribution is -2.01. The maximum Gasteiger partial charge on any atom is 0.126 e. The van der Waals surface area contributed by atoms with Gasteiger partial charge in [-0.15, -0.1) is 6.42 Å². The molecule has 0 aliphatic carbocycles. The van der Waals surface area contributed by atoms with Gasteiger partial charge in [0.25, 0.3) is 0 Å². The minimum atomic E-state index is -0.177. The first-order valence-electron chi connectivity index (χ1n) is 4.09. The average Bonchev–Trinajstić information content (AvgIpc) is 2.09. The van der Waals surface area contributed by atoms with Crippen molar-refractivity contribution in [1.82, 2.24) is 0 Å². The third-order valence-corrected chi connectivity index (χ3v) is 1.89. The molecule has 0 saturated heterocycles. The molecule has 0 unspecified atom stereocenters. The SMILES string of the molecule is C#CCNc1cc(C)c(F)cc1C. The van der Waals surface area contributed by atoms with Crippen LogP contribution in [0.15, 0.2) is 12.1 Å². The van der Waals surface area contributed by atoms with Crippen LogP contribution in [0.5, 0.6) is 0 Å². The van der Waals surface area contributed by atoms with Crippen molar-refractivity contribution in [2.24, 2.45) is 0 Å². The zero-order valence-corrected chi connectivity index (χ0v) is 7.82. The zero-order valence-electron chi connectivity index (χ0n) is 7.82. The van der Waals surface area contributed by atoms with E-state index in [1.165, 1.54) is 6.07 Å². The molecule has 0 bridgehead atoms. The summed E-state index contributed by atoms with van der Waals surface area (Å²) >= 11 is 0. The second-order valence-electron chi connectivity index (χ2n) is 2.97. The van der Waals surface area contributed by atoms with E-state index < -0.39 is 0 Å². The highest BCUT2D eigenvalue weighted by Gasteiger charge is 2.02. The Balaban J connectivity index is 2.96. The fourth-order valence-corrected chi connectivity index (χ4v) is 1.12. The molecule has 1 N–H and O–H groups in total. The number of benzene rings is 1. The summed E-state index contributed by atoms with van der Waals surface area (Å²) < 4.78 is 13.0. The molecule has 0 atom stereocenters. The van der Waals surface area contributed by atoms with E-state index in [9.17, 15) is 4.39 Å². The summed E-state index contributed by atoms with van der Waals surface area (Å²) in [5, 5.41) is 3.03. The van der Waals surface area contributed by atoms with E-state index in [1.54, 1.807) is 13.0 Å². The fourth-order valence-electron chi connectivity index (χ4n) is 1.12. The van der Waals surface area contributed by atoms with E-state index in [4.69, 9.17) is 6.42 Å². The molecule has 1 aromatic carbocycles. The number of rotatable bonds is 2. The van der Waals surface area contributed by atoms with Gasteiger partial charge >= 0.3 is 0 Å². The molecular weight excluding hydrogens is 165 g/mol. The first-order valence-corrected chi connectivity index (χ1v) is 4.09. The maximum absolute atomic E-state index is 13.0. The Morgan fingerprint density at radius 3 is 2.69 bits per heavy atom. The van der Waals surface area contributed by atoms with E-state index in [0.29, 0.717) is 12.1 Å². The summed E-state index contributed by atoms with van der Waals surface area (Å²) in [5.74, 6) is 2.30. The van der Waals surface area contributed by atoms with Crippen molar-refractivity contribution < 1.29 is 4.39 Å². The minimum Gasteiger partial charge on any atom is -0.374 e. The van der Waals surface area contributed by atoms with E-state index in [-0.39, 0.29) is 5.82 Å². The number of halogens is 1. The van der Waals surface area contributed by atoms with Gasteiger partial charge in [0.2, 0.25) is 0 Å². The van der Waals surface area contributed by atoms with Crippen LogP contribution in [0.3, 0.4) is 0 Å². The molecule has 0 aliphatic heterocycles. The third kappa shape index (κ3) is 2.22. The van der Waals surface area contributed by atoms with E-state index in [0.717, 1.165) is 11.3 Å². The number of terminal acetylenes is 1. The van der Waals surface area contributed by atoms with Crippen molar-refractivity contribution in [3.63, 3.8) is 0 Å². The number of hydrogen-bond donors (Lipinski definition) is 1. The van der Waals surface area contributed by atoms with Crippen LogP contribution >= 0.6 is 0 Å². The van der Waals surface area contributed by atoms with Crippen LogP contribution < -0.4 is 5.32 Å². The molecule has 0 radical (unpaired) electrons. The highest BCUT2D eigenvalue weighted by molar-refractivity contribution is 5.53. The molecule has 1 rings (SSSR count). The monoisotopic (exact) mass is 177 g/mol. The van der Waals surface area contributed by atoms with E-state index in [1.807, 2.05) is 6.92 Å². The van der Waals surface area contributed by atoms with Gasteiger partial charge in [-0.1, -0.05) is 5.92 Å². The van der Waals surface area contributed by atoms with Gasteiger partial charge in [-0.3, -0.25) is 0 Å². The molecule has 1 nitrogen and oxygen atoms in total. The number of hydrogen-bond acceptors (Lipinski definition) is 1. The quantitative estimate of drug-likeness (QED) is 0.684. The average molecular weight is 177 g/mol. The summed E-state index contributed by atoms with van der Waals surface area (Å²) in [6.45, 7) is 4.04. The lowest BCUT2D eigenvalue weighted by molar-refractivity contribution is 0.617. The standard InChI is InChI=1S/C11H12FN/c1-4-5-13-11-7-8(2)10(12)6-9(11)3/h1,6-7,13H,5H2,2-3H3. The molecule has 0 heterocycles. The molecule has 68 valence electrons. The van der Waals surface area contributed by atoms with Gasteiger partial charge < -0.3 is 5.32 Å². The Morgan fingerprint density at radius 1 is 1.38 bits per heavy atom. The van der Waals surface area contributed by atoms with Gasteiger partial charge in [0, 0.05) is 5.69 Å². The van der Waals surface area contributed by atoms with Crippen LogP contribution in [0.25, 0.3) is 0 Å². The molecule has 1 aromatic rings. The van der Waals surface area contributed by atoms with Gasteiger partial charge in [-0.05, 0) is 37.1 Å². The summed E-state index contributed by atoms with van der Waals surface area (Å²) in [4.78, 5) is 0. The lowest BCUT2D eigenvalue weighted by Gasteiger charge is -2.08. The molecule has 0 aromatic heterocycles. The summed E-state index contributed by atoms with van der Waals surface area (Å²) in [6.07, 6.45) is 5.11. The number of aryl methyl sites for hydroxylation is 2. The zero-order chi connectivity index (χ0) is 9.84. The normalized spacial score (nSPS) is 9.38. The van der Waals surface area contributed by atoms with Crippen LogP contribution in [-0.4, -0.2) is 6.54 Å². The van der Waals surface area contributed by atoms with Gasteiger partial charge in [-0.2, -0.15) is 0 Å². The minimum absolute atomic E-state index is 0.177. The largest absolute Gasteiger partial charge is 0.374 e. The Kier molecular flexibility index (Phi) is 2.92. The highest BCUT2D eigenvalue weighted by Crippen LogP contribution is 2.18. The number of anilines is 1. The molecule has 0 spiro atoms. The molecule has 2 heteroatoms. The van der Waals surface area contributed by atoms with E-state index in [2.05, 4.69) is 11.2 Å². The van der Waals surface area contributed by atoms with Crippen molar-refractivity contribution in [3.8, 4) is 12.3 Å². The topological polar surface area (TPSA) is 12.0 Å². The van der Waals surface area contributed by atoms with Crippen molar-refractivity contribution in [2.45, 2.75) is 13.8 Å². The van der Waals surface area contributed by atoms with Crippen LogP contribution in [0.1, 0.15) is 11.1 Å². The Hall–Kier alpha value is -1.49. The van der Waals surface area contributed by atoms with Crippen molar-refractivity contribution in [2.75, 3.05) is 11.9 Å². The van der Waals surface area contributed by atoms with Gasteiger partial charge in [0.1, 0.15) is 5.82 Å². The second-order valence-corrected chi connectivity index (χ2v) is 2.97. The van der Waals surface area contributed by atoms with E-state index >= 15 is 0 Å². The highest BCUT2D eigenvalue weighted by atomic mass is 19.1.